The lowest BCUT2D eigenvalue weighted by atomic mass is 9.75. The van der Waals surface area contributed by atoms with Crippen molar-refractivity contribution in [1.82, 2.24) is 20.5 Å². The molecule has 2 atom stereocenters. The lowest BCUT2D eigenvalue weighted by Crippen LogP contribution is -2.38. The molecule has 0 aromatic carbocycles. The number of nitrogens with one attached hydrogen (secondary N) is 2. The van der Waals surface area contributed by atoms with Crippen molar-refractivity contribution in [2.75, 3.05) is 0 Å². The monoisotopic (exact) mass is 222 g/mol. The number of hydrogen-bond acceptors (Lipinski definition) is 3. The van der Waals surface area contributed by atoms with Gasteiger partial charge in [-0.1, -0.05) is 20.3 Å². The fraction of sp³-hybridized carbons (Fsp3) is 0.833. The molecule has 1 aliphatic rings. The van der Waals surface area contributed by atoms with Crippen LogP contribution in [0, 0.1) is 5.41 Å². The van der Waals surface area contributed by atoms with E-state index in [1.165, 1.54) is 25.7 Å². The fourth-order valence-electron chi connectivity index (χ4n) is 2.70. The van der Waals surface area contributed by atoms with E-state index >= 15 is 0 Å². The van der Waals surface area contributed by atoms with E-state index in [2.05, 4.69) is 41.3 Å². The predicted molar refractivity (Wildman–Crippen MR) is 64.0 cm³/mol. The minimum Gasteiger partial charge on any atom is -0.305 e. The maximum atomic E-state index is 4.19. The molecule has 4 nitrogen and oxygen atoms in total. The molecule has 1 fully saturated rings. The Labute approximate surface area is 97.2 Å². The Morgan fingerprint density at radius 3 is 3.00 bits per heavy atom. The van der Waals surface area contributed by atoms with Crippen molar-refractivity contribution in [1.29, 1.82) is 0 Å². The van der Waals surface area contributed by atoms with Crippen molar-refractivity contribution in [3.05, 3.63) is 12.2 Å². The van der Waals surface area contributed by atoms with Gasteiger partial charge in [0.1, 0.15) is 12.2 Å². The molecule has 1 aliphatic carbocycles. The van der Waals surface area contributed by atoms with Gasteiger partial charge in [0.15, 0.2) is 0 Å². The SMILES string of the molecule is CC(NC1CCCC(C)(C)C1)c1ncn[nH]1. The van der Waals surface area contributed by atoms with Crippen LogP contribution in [0.1, 0.15) is 58.3 Å². The Bertz CT molecular complexity index is 318. The number of hydrogen-bond donors (Lipinski definition) is 2. The average molecular weight is 222 g/mol. The van der Waals surface area contributed by atoms with Crippen LogP contribution < -0.4 is 5.32 Å². The van der Waals surface area contributed by atoms with Crippen LogP contribution in [0.4, 0.5) is 0 Å². The molecule has 0 radical (unpaired) electrons. The van der Waals surface area contributed by atoms with Crippen LogP contribution in [0.15, 0.2) is 6.33 Å². The summed E-state index contributed by atoms with van der Waals surface area (Å²) in [5.74, 6) is 0.934. The zero-order valence-electron chi connectivity index (χ0n) is 10.5. The van der Waals surface area contributed by atoms with Gasteiger partial charge in [-0.25, -0.2) is 4.98 Å². The Hall–Kier alpha value is -0.900. The minimum atomic E-state index is 0.265. The van der Waals surface area contributed by atoms with Crippen LogP contribution in [0.5, 0.6) is 0 Å². The summed E-state index contributed by atoms with van der Waals surface area (Å²) < 4.78 is 0. The lowest BCUT2D eigenvalue weighted by Gasteiger charge is -2.36. The van der Waals surface area contributed by atoms with Gasteiger partial charge < -0.3 is 5.32 Å². The van der Waals surface area contributed by atoms with E-state index in [-0.39, 0.29) is 6.04 Å². The summed E-state index contributed by atoms with van der Waals surface area (Å²) in [5, 5.41) is 10.5. The molecule has 1 saturated carbocycles. The maximum absolute atomic E-state index is 4.19. The Kier molecular flexibility index (Phi) is 3.28. The molecule has 0 aliphatic heterocycles. The van der Waals surface area contributed by atoms with Crippen molar-refractivity contribution in [2.24, 2.45) is 5.41 Å². The third-order valence-electron chi connectivity index (χ3n) is 3.53. The number of rotatable bonds is 3. The van der Waals surface area contributed by atoms with E-state index in [0.29, 0.717) is 11.5 Å². The predicted octanol–water partition coefficient (Wildman–Crippen LogP) is 2.42. The zero-order chi connectivity index (χ0) is 11.6. The van der Waals surface area contributed by atoms with Gasteiger partial charge in [-0.05, 0) is 31.6 Å². The summed E-state index contributed by atoms with van der Waals surface area (Å²) in [7, 11) is 0. The molecule has 4 heteroatoms. The number of aromatic amines is 1. The topological polar surface area (TPSA) is 53.6 Å². The first-order valence-electron chi connectivity index (χ1n) is 6.18. The summed E-state index contributed by atoms with van der Waals surface area (Å²) in [6.45, 7) is 6.86. The van der Waals surface area contributed by atoms with Crippen molar-refractivity contribution in [3.8, 4) is 0 Å². The highest BCUT2D eigenvalue weighted by atomic mass is 15.2. The van der Waals surface area contributed by atoms with E-state index in [0.717, 1.165) is 5.82 Å². The molecule has 2 N–H and O–H groups in total. The van der Waals surface area contributed by atoms with E-state index in [1.807, 2.05) is 0 Å². The largest absolute Gasteiger partial charge is 0.305 e. The quantitative estimate of drug-likeness (QED) is 0.826. The van der Waals surface area contributed by atoms with Crippen LogP contribution in [-0.2, 0) is 0 Å². The van der Waals surface area contributed by atoms with Crippen LogP contribution in [0.3, 0.4) is 0 Å². The minimum absolute atomic E-state index is 0.265. The van der Waals surface area contributed by atoms with Gasteiger partial charge in [-0.2, -0.15) is 5.10 Å². The zero-order valence-corrected chi connectivity index (χ0v) is 10.5. The molecule has 1 aromatic heterocycles. The molecule has 0 amide bonds. The van der Waals surface area contributed by atoms with Crippen LogP contribution in [-0.4, -0.2) is 21.2 Å². The second kappa shape index (κ2) is 4.53. The lowest BCUT2D eigenvalue weighted by molar-refractivity contribution is 0.190. The van der Waals surface area contributed by atoms with Crippen LogP contribution >= 0.6 is 0 Å². The van der Waals surface area contributed by atoms with Gasteiger partial charge in [0.05, 0.1) is 6.04 Å². The van der Waals surface area contributed by atoms with Gasteiger partial charge in [0, 0.05) is 6.04 Å². The van der Waals surface area contributed by atoms with E-state index in [4.69, 9.17) is 0 Å². The third kappa shape index (κ3) is 2.82. The molecular weight excluding hydrogens is 200 g/mol. The Morgan fingerprint density at radius 1 is 1.56 bits per heavy atom. The first kappa shape index (κ1) is 11.6. The molecule has 2 unspecified atom stereocenters. The highest BCUT2D eigenvalue weighted by molar-refractivity contribution is 4.92. The van der Waals surface area contributed by atoms with Gasteiger partial charge in [0.25, 0.3) is 0 Å². The van der Waals surface area contributed by atoms with Gasteiger partial charge in [0.2, 0.25) is 0 Å². The van der Waals surface area contributed by atoms with Gasteiger partial charge in [-0.3, -0.25) is 5.10 Å². The third-order valence-corrected chi connectivity index (χ3v) is 3.53. The molecule has 0 bridgehead atoms. The molecule has 1 aromatic rings. The second-order valence-electron chi connectivity index (χ2n) is 5.72. The summed E-state index contributed by atoms with van der Waals surface area (Å²) in [6, 6.07) is 0.880. The Balaban J connectivity index is 1.90. The Morgan fingerprint density at radius 2 is 2.38 bits per heavy atom. The smallest absolute Gasteiger partial charge is 0.141 e. The molecule has 1 heterocycles. The maximum Gasteiger partial charge on any atom is 0.141 e. The molecule has 2 rings (SSSR count). The van der Waals surface area contributed by atoms with Gasteiger partial charge >= 0.3 is 0 Å². The highest BCUT2D eigenvalue weighted by Crippen LogP contribution is 2.35. The first-order chi connectivity index (χ1) is 7.57. The highest BCUT2D eigenvalue weighted by Gasteiger charge is 2.28. The fourth-order valence-corrected chi connectivity index (χ4v) is 2.70. The van der Waals surface area contributed by atoms with Crippen molar-refractivity contribution < 1.29 is 0 Å². The first-order valence-corrected chi connectivity index (χ1v) is 6.18. The van der Waals surface area contributed by atoms with Gasteiger partial charge in [-0.15, -0.1) is 0 Å². The van der Waals surface area contributed by atoms with Crippen molar-refractivity contribution in [3.63, 3.8) is 0 Å². The van der Waals surface area contributed by atoms with E-state index in [1.54, 1.807) is 6.33 Å². The van der Waals surface area contributed by atoms with Crippen LogP contribution in [0.2, 0.25) is 0 Å². The van der Waals surface area contributed by atoms with Crippen molar-refractivity contribution in [2.45, 2.75) is 58.5 Å². The molecule has 0 spiro atoms. The number of aromatic nitrogens is 3. The average Bonchev–Trinajstić information content (AvgIpc) is 2.68. The summed E-state index contributed by atoms with van der Waals surface area (Å²) >= 11 is 0. The summed E-state index contributed by atoms with van der Waals surface area (Å²) in [6.07, 6.45) is 6.78. The van der Waals surface area contributed by atoms with Crippen LogP contribution in [0.25, 0.3) is 0 Å². The van der Waals surface area contributed by atoms with E-state index in [9.17, 15) is 0 Å². The molecule has 90 valence electrons. The summed E-state index contributed by atoms with van der Waals surface area (Å²) in [4.78, 5) is 4.19. The summed E-state index contributed by atoms with van der Waals surface area (Å²) in [5.41, 5.74) is 0.483. The van der Waals surface area contributed by atoms with E-state index < -0.39 is 0 Å². The normalized spacial score (nSPS) is 26.6. The number of nitrogens with zero attached hydrogens (tertiary/aromatic N) is 2. The molecule has 16 heavy (non-hydrogen) atoms. The van der Waals surface area contributed by atoms with Crippen molar-refractivity contribution >= 4 is 0 Å². The molecular formula is C12H22N4. The second-order valence-corrected chi connectivity index (χ2v) is 5.72. The standard InChI is InChI=1S/C12H22N4/c1-9(11-13-8-14-16-11)15-10-5-4-6-12(2,3)7-10/h8-10,15H,4-7H2,1-3H3,(H,13,14,16). The molecule has 0 saturated heterocycles. The number of H-pyrrole nitrogens is 1.